The average molecular weight is 282 g/mol. The monoisotopic (exact) mass is 281 g/mol. The molecule has 2 aromatic rings. The molecule has 0 aliphatic rings. The Morgan fingerprint density at radius 2 is 2.25 bits per heavy atom. The van der Waals surface area contributed by atoms with Crippen molar-refractivity contribution >= 4 is 21.8 Å². The Hall–Kier alpha value is -1.76. The topological polar surface area (TPSA) is 86.7 Å². The second-order valence-corrected chi connectivity index (χ2v) is 3.95. The standard InChI is InChI=1S/C9H8BrN5O/c1-5-13-7(10)2-8(14-5)15-4-6(3-12-15)9(11)16/h2-4H,1H3,(H2,11,16). The molecule has 0 fully saturated rings. The van der Waals surface area contributed by atoms with Gasteiger partial charge in [-0.3, -0.25) is 4.79 Å². The van der Waals surface area contributed by atoms with E-state index in [4.69, 9.17) is 5.73 Å². The van der Waals surface area contributed by atoms with Gasteiger partial charge >= 0.3 is 0 Å². The van der Waals surface area contributed by atoms with Crippen LogP contribution in [0, 0.1) is 6.92 Å². The van der Waals surface area contributed by atoms with Crippen LogP contribution in [-0.4, -0.2) is 25.7 Å². The lowest BCUT2D eigenvalue weighted by Crippen LogP contribution is -2.09. The minimum atomic E-state index is -0.518. The fourth-order valence-electron chi connectivity index (χ4n) is 1.21. The molecule has 0 spiro atoms. The molecule has 2 aromatic heterocycles. The maximum atomic E-state index is 10.9. The Kier molecular flexibility index (Phi) is 2.69. The number of hydrogen-bond donors (Lipinski definition) is 1. The van der Waals surface area contributed by atoms with Crippen LogP contribution in [0.25, 0.3) is 5.82 Å². The van der Waals surface area contributed by atoms with Gasteiger partial charge in [0.05, 0.1) is 11.8 Å². The number of nitrogens with zero attached hydrogens (tertiary/aromatic N) is 4. The zero-order valence-electron chi connectivity index (χ0n) is 8.38. The summed E-state index contributed by atoms with van der Waals surface area (Å²) in [7, 11) is 0. The number of amides is 1. The summed E-state index contributed by atoms with van der Waals surface area (Å²) >= 11 is 3.26. The molecule has 0 aliphatic carbocycles. The van der Waals surface area contributed by atoms with E-state index in [0.29, 0.717) is 21.8 Å². The molecule has 2 rings (SSSR count). The fraction of sp³-hybridized carbons (Fsp3) is 0.111. The molecule has 0 saturated carbocycles. The van der Waals surface area contributed by atoms with Crippen LogP contribution in [0.4, 0.5) is 0 Å². The fourth-order valence-corrected chi connectivity index (χ4v) is 1.67. The molecule has 6 nitrogen and oxygen atoms in total. The molecule has 2 N–H and O–H groups in total. The Bertz CT molecular complexity index is 530. The van der Waals surface area contributed by atoms with Crippen molar-refractivity contribution in [2.75, 3.05) is 0 Å². The third-order valence-electron chi connectivity index (χ3n) is 1.90. The van der Waals surface area contributed by atoms with Gasteiger partial charge in [-0.15, -0.1) is 0 Å². The molecule has 2 heterocycles. The van der Waals surface area contributed by atoms with Crippen molar-refractivity contribution in [3.63, 3.8) is 0 Å². The van der Waals surface area contributed by atoms with Crippen molar-refractivity contribution in [2.45, 2.75) is 6.92 Å². The smallest absolute Gasteiger partial charge is 0.251 e. The van der Waals surface area contributed by atoms with Crippen LogP contribution >= 0.6 is 15.9 Å². The number of carbonyl (C=O) groups excluding carboxylic acids is 1. The molecule has 0 unspecified atom stereocenters. The quantitative estimate of drug-likeness (QED) is 0.826. The molecule has 0 aromatic carbocycles. The SMILES string of the molecule is Cc1nc(Br)cc(-n2cc(C(N)=O)cn2)n1. The highest BCUT2D eigenvalue weighted by Gasteiger charge is 2.07. The first-order chi connectivity index (χ1) is 7.56. The molecule has 0 aliphatic heterocycles. The van der Waals surface area contributed by atoms with Crippen LogP contribution in [0.3, 0.4) is 0 Å². The van der Waals surface area contributed by atoms with E-state index in [2.05, 4.69) is 31.0 Å². The number of nitrogens with two attached hydrogens (primary N) is 1. The third-order valence-corrected chi connectivity index (χ3v) is 2.30. The molecule has 0 atom stereocenters. The van der Waals surface area contributed by atoms with Crippen LogP contribution in [0.1, 0.15) is 16.2 Å². The van der Waals surface area contributed by atoms with E-state index in [9.17, 15) is 4.79 Å². The lowest BCUT2D eigenvalue weighted by molar-refractivity contribution is 0.100. The summed E-state index contributed by atoms with van der Waals surface area (Å²) in [6, 6.07) is 1.70. The van der Waals surface area contributed by atoms with Gasteiger partial charge in [-0.2, -0.15) is 5.10 Å². The van der Waals surface area contributed by atoms with E-state index < -0.39 is 5.91 Å². The normalized spacial score (nSPS) is 10.4. The predicted molar refractivity (Wildman–Crippen MR) is 60.1 cm³/mol. The summed E-state index contributed by atoms with van der Waals surface area (Å²) < 4.78 is 2.13. The molecule has 82 valence electrons. The molecule has 0 bridgehead atoms. The molecule has 7 heteroatoms. The third kappa shape index (κ3) is 2.08. The Morgan fingerprint density at radius 1 is 1.50 bits per heavy atom. The van der Waals surface area contributed by atoms with Gasteiger partial charge in [0.15, 0.2) is 5.82 Å². The first-order valence-corrected chi connectivity index (χ1v) is 5.21. The summed E-state index contributed by atoms with van der Waals surface area (Å²) in [5.74, 6) is 0.670. The summed E-state index contributed by atoms with van der Waals surface area (Å²) in [6.45, 7) is 1.77. The van der Waals surface area contributed by atoms with E-state index in [-0.39, 0.29) is 0 Å². The molecule has 1 amide bonds. The highest BCUT2D eigenvalue weighted by Crippen LogP contribution is 2.11. The largest absolute Gasteiger partial charge is 0.366 e. The second-order valence-electron chi connectivity index (χ2n) is 3.13. The summed E-state index contributed by atoms with van der Waals surface area (Å²) in [4.78, 5) is 19.2. The maximum Gasteiger partial charge on any atom is 0.251 e. The zero-order chi connectivity index (χ0) is 11.7. The number of halogens is 1. The van der Waals surface area contributed by atoms with Crippen LogP contribution in [0.5, 0.6) is 0 Å². The Balaban J connectivity index is 2.46. The zero-order valence-corrected chi connectivity index (χ0v) is 9.97. The molecular formula is C9H8BrN5O. The van der Waals surface area contributed by atoms with E-state index in [1.54, 1.807) is 13.0 Å². The summed E-state index contributed by atoms with van der Waals surface area (Å²) in [5, 5.41) is 3.99. The predicted octanol–water partition coefficient (Wildman–Crippen LogP) is 0.832. The first-order valence-electron chi connectivity index (χ1n) is 4.42. The van der Waals surface area contributed by atoms with Gasteiger partial charge < -0.3 is 5.73 Å². The van der Waals surface area contributed by atoms with Gasteiger partial charge in [0, 0.05) is 12.3 Å². The van der Waals surface area contributed by atoms with Crippen molar-refractivity contribution in [2.24, 2.45) is 5.73 Å². The van der Waals surface area contributed by atoms with Gasteiger partial charge in [0.25, 0.3) is 5.91 Å². The number of carbonyl (C=O) groups is 1. The Labute approximate surface area is 99.6 Å². The van der Waals surface area contributed by atoms with Crippen molar-refractivity contribution in [1.82, 2.24) is 19.7 Å². The second kappa shape index (κ2) is 4.01. The summed E-state index contributed by atoms with van der Waals surface area (Å²) in [6.07, 6.45) is 2.92. The van der Waals surface area contributed by atoms with E-state index in [1.165, 1.54) is 17.1 Å². The van der Waals surface area contributed by atoms with Crippen LogP contribution in [-0.2, 0) is 0 Å². The summed E-state index contributed by atoms with van der Waals surface area (Å²) in [5.41, 5.74) is 5.47. The molecular weight excluding hydrogens is 274 g/mol. The first kappa shape index (κ1) is 10.7. The van der Waals surface area contributed by atoms with E-state index in [0.717, 1.165) is 0 Å². The Morgan fingerprint density at radius 3 is 2.81 bits per heavy atom. The number of primary amides is 1. The highest BCUT2D eigenvalue weighted by atomic mass is 79.9. The van der Waals surface area contributed by atoms with Gasteiger partial charge in [-0.1, -0.05) is 0 Å². The lowest BCUT2D eigenvalue weighted by atomic mass is 10.3. The van der Waals surface area contributed by atoms with Crippen molar-refractivity contribution in [1.29, 1.82) is 0 Å². The molecule has 0 radical (unpaired) electrons. The lowest BCUT2D eigenvalue weighted by Gasteiger charge is -2.01. The number of rotatable bonds is 2. The van der Waals surface area contributed by atoms with Crippen LogP contribution in [0.2, 0.25) is 0 Å². The number of aryl methyl sites for hydroxylation is 1. The van der Waals surface area contributed by atoms with Gasteiger partial charge in [-0.25, -0.2) is 14.6 Å². The number of aromatic nitrogens is 4. The van der Waals surface area contributed by atoms with Crippen LogP contribution in [0.15, 0.2) is 23.1 Å². The minimum Gasteiger partial charge on any atom is -0.366 e. The van der Waals surface area contributed by atoms with Gasteiger partial charge in [0.1, 0.15) is 10.4 Å². The number of hydrogen-bond acceptors (Lipinski definition) is 4. The van der Waals surface area contributed by atoms with Gasteiger partial charge in [-0.05, 0) is 22.9 Å². The maximum absolute atomic E-state index is 10.9. The van der Waals surface area contributed by atoms with E-state index in [1.807, 2.05) is 0 Å². The van der Waals surface area contributed by atoms with Crippen molar-refractivity contribution in [3.05, 3.63) is 34.5 Å². The van der Waals surface area contributed by atoms with Gasteiger partial charge in [0.2, 0.25) is 0 Å². The molecule has 16 heavy (non-hydrogen) atoms. The van der Waals surface area contributed by atoms with E-state index >= 15 is 0 Å². The van der Waals surface area contributed by atoms with Crippen molar-refractivity contribution in [3.8, 4) is 5.82 Å². The minimum absolute atomic E-state index is 0.340. The molecule has 0 saturated heterocycles. The average Bonchev–Trinajstić information content (AvgIpc) is 2.64. The van der Waals surface area contributed by atoms with Crippen molar-refractivity contribution < 1.29 is 4.79 Å². The highest BCUT2D eigenvalue weighted by molar-refractivity contribution is 9.10. The van der Waals surface area contributed by atoms with Crippen LogP contribution < -0.4 is 5.73 Å².